The summed E-state index contributed by atoms with van der Waals surface area (Å²) in [5.74, 6) is 0. The summed E-state index contributed by atoms with van der Waals surface area (Å²) in [6, 6.07) is 17.9. The van der Waals surface area contributed by atoms with Crippen LogP contribution in [0.25, 0.3) is 0 Å². The molecular formula is C22H25P. The van der Waals surface area contributed by atoms with Crippen LogP contribution in [0, 0.1) is 6.92 Å². The van der Waals surface area contributed by atoms with Gasteiger partial charge in [0.15, 0.2) is 0 Å². The molecule has 0 heterocycles. The van der Waals surface area contributed by atoms with Gasteiger partial charge in [0.2, 0.25) is 0 Å². The monoisotopic (exact) mass is 320 g/mol. The van der Waals surface area contributed by atoms with Crippen molar-refractivity contribution in [2.45, 2.75) is 39.5 Å². The lowest BCUT2D eigenvalue weighted by Gasteiger charge is -2.26. The molecule has 0 bridgehead atoms. The molecule has 0 N–H and O–H groups in total. The van der Waals surface area contributed by atoms with Crippen LogP contribution in [0.3, 0.4) is 0 Å². The van der Waals surface area contributed by atoms with Crippen LogP contribution in [0.4, 0.5) is 0 Å². The maximum absolute atomic E-state index is 2.46. The van der Waals surface area contributed by atoms with Gasteiger partial charge in [-0.05, 0) is 61.2 Å². The Balaban J connectivity index is 2.17. The zero-order chi connectivity index (χ0) is 16.1. The normalized spacial score (nSPS) is 15.3. The Labute approximate surface area is 141 Å². The van der Waals surface area contributed by atoms with E-state index in [4.69, 9.17) is 0 Å². The van der Waals surface area contributed by atoms with Crippen molar-refractivity contribution in [3.63, 3.8) is 0 Å². The number of rotatable bonds is 5. The summed E-state index contributed by atoms with van der Waals surface area (Å²) >= 11 is 0. The first-order valence-corrected chi connectivity index (χ1v) is 9.96. The quantitative estimate of drug-likeness (QED) is 0.628. The van der Waals surface area contributed by atoms with E-state index in [2.05, 4.69) is 80.6 Å². The number of benzene rings is 2. The fourth-order valence-electron chi connectivity index (χ4n) is 3.26. The molecule has 1 aliphatic rings. The molecule has 0 aromatic heterocycles. The Bertz CT molecular complexity index is 710. The zero-order valence-electron chi connectivity index (χ0n) is 14.1. The van der Waals surface area contributed by atoms with Crippen molar-refractivity contribution in [3.8, 4) is 0 Å². The van der Waals surface area contributed by atoms with Crippen molar-refractivity contribution in [1.82, 2.24) is 0 Å². The topological polar surface area (TPSA) is 0 Å². The van der Waals surface area contributed by atoms with Gasteiger partial charge in [-0.25, -0.2) is 0 Å². The summed E-state index contributed by atoms with van der Waals surface area (Å²) in [6.07, 6.45) is 11.9. The molecule has 0 saturated carbocycles. The molecule has 0 radical (unpaired) electrons. The van der Waals surface area contributed by atoms with Crippen molar-refractivity contribution >= 4 is 18.5 Å². The summed E-state index contributed by atoms with van der Waals surface area (Å²) in [7, 11) is -0.448. The van der Waals surface area contributed by atoms with Crippen LogP contribution in [-0.4, -0.2) is 0 Å². The lowest BCUT2D eigenvalue weighted by molar-refractivity contribution is 0.926. The highest BCUT2D eigenvalue weighted by atomic mass is 31.1. The third-order valence-electron chi connectivity index (χ3n) is 4.31. The van der Waals surface area contributed by atoms with Crippen LogP contribution in [0.5, 0.6) is 0 Å². The van der Waals surface area contributed by atoms with Gasteiger partial charge in [0.25, 0.3) is 0 Å². The van der Waals surface area contributed by atoms with E-state index in [-0.39, 0.29) is 0 Å². The van der Waals surface area contributed by atoms with E-state index >= 15 is 0 Å². The lowest BCUT2D eigenvalue weighted by atomic mass is 10.1. The van der Waals surface area contributed by atoms with Gasteiger partial charge in [0.1, 0.15) is 0 Å². The van der Waals surface area contributed by atoms with E-state index < -0.39 is 7.92 Å². The third kappa shape index (κ3) is 3.65. The number of hydrogen-bond acceptors (Lipinski definition) is 0. The second-order valence-electron chi connectivity index (χ2n) is 6.11. The van der Waals surface area contributed by atoms with Crippen LogP contribution in [0.15, 0.2) is 72.1 Å². The highest BCUT2D eigenvalue weighted by molar-refractivity contribution is 7.77. The summed E-state index contributed by atoms with van der Waals surface area (Å²) in [4.78, 5) is 0. The molecule has 1 unspecified atom stereocenters. The Morgan fingerprint density at radius 1 is 0.957 bits per heavy atom. The minimum Gasteiger partial charge on any atom is -0.0836 e. The minimum atomic E-state index is -0.448. The highest BCUT2D eigenvalue weighted by Gasteiger charge is 2.22. The second-order valence-corrected chi connectivity index (χ2v) is 8.26. The van der Waals surface area contributed by atoms with Gasteiger partial charge in [0.05, 0.1) is 0 Å². The second kappa shape index (κ2) is 7.75. The van der Waals surface area contributed by atoms with Crippen molar-refractivity contribution in [1.29, 1.82) is 0 Å². The van der Waals surface area contributed by atoms with Crippen molar-refractivity contribution in [2.75, 3.05) is 0 Å². The van der Waals surface area contributed by atoms with Crippen LogP contribution in [0.1, 0.15) is 37.3 Å². The standard InChI is InChI=1S/C22H25P/c1-3-11-19-13-10-12-18(2)22(19)23(20-14-6-4-7-15-20)21-16-8-5-9-17-21/h4,6-8,10,12-17H,3,5,9,11H2,1-2H3. The first-order valence-electron chi connectivity index (χ1n) is 8.61. The van der Waals surface area contributed by atoms with E-state index in [0.29, 0.717) is 0 Å². The maximum Gasteiger partial charge on any atom is -0.00899 e. The molecule has 23 heavy (non-hydrogen) atoms. The van der Waals surface area contributed by atoms with Gasteiger partial charge < -0.3 is 0 Å². The average Bonchev–Trinajstić information content (AvgIpc) is 2.60. The highest BCUT2D eigenvalue weighted by Crippen LogP contribution is 2.46. The van der Waals surface area contributed by atoms with Gasteiger partial charge >= 0.3 is 0 Å². The molecule has 1 aliphatic carbocycles. The molecule has 1 heteroatoms. The van der Waals surface area contributed by atoms with Crippen molar-refractivity contribution < 1.29 is 0 Å². The molecule has 118 valence electrons. The van der Waals surface area contributed by atoms with E-state index in [1.54, 1.807) is 5.30 Å². The van der Waals surface area contributed by atoms with Gasteiger partial charge in [-0.2, -0.15) is 0 Å². The summed E-state index contributed by atoms with van der Waals surface area (Å²) in [6.45, 7) is 4.55. The summed E-state index contributed by atoms with van der Waals surface area (Å²) in [5, 5.41) is 4.56. The van der Waals surface area contributed by atoms with Crippen LogP contribution < -0.4 is 10.6 Å². The SMILES string of the molecule is CCCc1cccc(C)c1P(C1=CCCC=C1)c1ccccc1. The Hall–Kier alpha value is -1.65. The molecule has 2 aromatic rings. The Morgan fingerprint density at radius 3 is 2.48 bits per heavy atom. The van der Waals surface area contributed by atoms with Crippen molar-refractivity contribution in [3.05, 3.63) is 83.2 Å². The molecular weight excluding hydrogens is 295 g/mol. The van der Waals surface area contributed by atoms with Crippen LogP contribution in [-0.2, 0) is 6.42 Å². The predicted octanol–water partition coefficient (Wildman–Crippen LogP) is 5.61. The van der Waals surface area contributed by atoms with Gasteiger partial charge in [-0.3, -0.25) is 0 Å². The first-order chi connectivity index (χ1) is 11.3. The number of allylic oxidation sites excluding steroid dienone is 4. The Morgan fingerprint density at radius 2 is 1.78 bits per heavy atom. The molecule has 2 aromatic carbocycles. The van der Waals surface area contributed by atoms with Gasteiger partial charge in [0, 0.05) is 0 Å². The van der Waals surface area contributed by atoms with E-state index in [9.17, 15) is 0 Å². The molecule has 3 rings (SSSR count). The molecule has 0 nitrogen and oxygen atoms in total. The van der Waals surface area contributed by atoms with Crippen LogP contribution >= 0.6 is 7.92 Å². The number of hydrogen-bond donors (Lipinski definition) is 0. The van der Waals surface area contributed by atoms with Crippen molar-refractivity contribution in [2.24, 2.45) is 0 Å². The van der Waals surface area contributed by atoms with E-state index in [0.717, 1.165) is 0 Å². The zero-order valence-corrected chi connectivity index (χ0v) is 15.0. The van der Waals surface area contributed by atoms with E-state index in [1.807, 2.05) is 0 Å². The predicted molar refractivity (Wildman–Crippen MR) is 104 cm³/mol. The smallest absolute Gasteiger partial charge is 0.00899 e. The summed E-state index contributed by atoms with van der Waals surface area (Å²) in [5.41, 5.74) is 2.97. The number of aryl methyl sites for hydroxylation is 2. The fraction of sp³-hybridized carbons (Fsp3) is 0.273. The average molecular weight is 320 g/mol. The van der Waals surface area contributed by atoms with Crippen LogP contribution in [0.2, 0.25) is 0 Å². The van der Waals surface area contributed by atoms with Gasteiger partial charge in [-0.1, -0.05) is 80.1 Å². The van der Waals surface area contributed by atoms with E-state index in [1.165, 1.54) is 47.4 Å². The third-order valence-corrected chi connectivity index (χ3v) is 7.06. The lowest BCUT2D eigenvalue weighted by Crippen LogP contribution is -2.19. The molecule has 0 aliphatic heterocycles. The van der Waals surface area contributed by atoms with Gasteiger partial charge in [-0.15, -0.1) is 0 Å². The molecule has 0 spiro atoms. The molecule has 0 saturated heterocycles. The molecule has 0 fully saturated rings. The Kier molecular flexibility index (Phi) is 5.47. The largest absolute Gasteiger partial charge is 0.0836 e. The minimum absolute atomic E-state index is 0.448. The molecule has 0 amide bonds. The fourth-order valence-corrected chi connectivity index (χ4v) is 6.01. The first kappa shape index (κ1) is 16.2. The molecule has 1 atom stereocenters. The summed E-state index contributed by atoms with van der Waals surface area (Å²) < 4.78 is 0. The maximum atomic E-state index is 2.46.